The molecule has 5 nitrogen and oxygen atoms in total. The molecule has 2 aromatic carbocycles. The van der Waals surface area contributed by atoms with Gasteiger partial charge in [-0.15, -0.1) is 0 Å². The summed E-state index contributed by atoms with van der Waals surface area (Å²) in [7, 11) is 0. The lowest BCUT2D eigenvalue weighted by molar-refractivity contribution is 1.13. The minimum Gasteiger partial charge on any atom is -0.305 e. The van der Waals surface area contributed by atoms with Crippen LogP contribution in [0.1, 0.15) is 17.0 Å². The summed E-state index contributed by atoms with van der Waals surface area (Å²) in [5, 5.41) is 11.3. The minimum atomic E-state index is -0.296. The van der Waals surface area contributed by atoms with Gasteiger partial charge >= 0.3 is 0 Å². The van der Waals surface area contributed by atoms with E-state index in [-0.39, 0.29) is 22.1 Å². The second-order valence-corrected chi connectivity index (χ2v) is 6.52. The van der Waals surface area contributed by atoms with Crippen LogP contribution >= 0.6 is 11.6 Å². The van der Waals surface area contributed by atoms with E-state index in [1.54, 1.807) is 30.3 Å². The molecule has 0 spiro atoms. The lowest BCUT2D eigenvalue weighted by Gasteiger charge is -2.05. The Morgan fingerprint density at radius 1 is 1.15 bits per heavy atom. The van der Waals surface area contributed by atoms with Crippen LogP contribution in [0.15, 0.2) is 53.3 Å². The second-order valence-electron chi connectivity index (χ2n) is 6.17. The van der Waals surface area contributed by atoms with E-state index in [0.717, 1.165) is 16.5 Å². The summed E-state index contributed by atoms with van der Waals surface area (Å²) in [4.78, 5) is 23.7. The topological polar surface area (TPSA) is 82.4 Å². The van der Waals surface area contributed by atoms with Crippen molar-refractivity contribution in [3.63, 3.8) is 0 Å². The predicted octanol–water partition coefficient (Wildman–Crippen LogP) is 4.50. The molecule has 0 saturated heterocycles. The van der Waals surface area contributed by atoms with Gasteiger partial charge in [0.25, 0.3) is 5.56 Å². The molecule has 2 aromatic heterocycles. The van der Waals surface area contributed by atoms with Crippen molar-refractivity contribution >= 4 is 45.1 Å². The average Bonchev–Trinajstić information content (AvgIpc) is 2.66. The highest BCUT2D eigenvalue weighted by molar-refractivity contribution is 6.31. The molecule has 0 amide bonds. The van der Waals surface area contributed by atoms with E-state index >= 15 is 0 Å². The van der Waals surface area contributed by atoms with Crippen LogP contribution in [0.3, 0.4) is 0 Å². The van der Waals surface area contributed by atoms with Crippen molar-refractivity contribution in [1.82, 2.24) is 15.0 Å². The molecule has 0 fully saturated rings. The largest absolute Gasteiger partial charge is 0.305 e. The average molecular weight is 373 g/mol. The van der Waals surface area contributed by atoms with E-state index in [0.29, 0.717) is 16.5 Å². The Kier molecular flexibility index (Phi) is 4.19. The maximum absolute atomic E-state index is 12.3. The summed E-state index contributed by atoms with van der Waals surface area (Å²) in [6.45, 7) is 1.98. The van der Waals surface area contributed by atoms with Crippen LogP contribution in [0.4, 0.5) is 0 Å². The third kappa shape index (κ3) is 3.19. The first-order valence-electron chi connectivity index (χ1n) is 8.23. The normalized spacial score (nSPS) is 11.7. The fourth-order valence-electron chi connectivity index (χ4n) is 2.89. The fourth-order valence-corrected chi connectivity index (χ4v) is 3.09. The predicted molar refractivity (Wildman–Crippen MR) is 107 cm³/mol. The van der Waals surface area contributed by atoms with Gasteiger partial charge in [-0.3, -0.25) is 4.79 Å². The molecule has 1 N–H and O–H groups in total. The molecule has 2 heterocycles. The van der Waals surface area contributed by atoms with Crippen LogP contribution in [0.2, 0.25) is 5.15 Å². The SMILES string of the molecule is Cc1ccc2cc(/C=C(\C#N)c3nc4ccccc4c(=O)[nH]3)c(Cl)nc2c1. The van der Waals surface area contributed by atoms with Gasteiger partial charge in [0.1, 0.15) is 11.2 Å². The van der Waals surface area contributed by atoms with E-state index in [4.69, 9.17) is 11.6 Å². The molecule has 0 atom stereocenters. The number of nitrogens with one attached hydrogen (secondary N) is 1. The van der Waals surface area contributed by atoms with Crippen molar-refractivity contribution in [3.8, 4) is 6.07 Å². The number of pyridine rings is 1. The number of aromatic amines is 1. The number of rotatable bonds is 2. The van der Waals surface area contributed by atoms with Crippen molar-refractivity contribution in [2.45, 2.75) is 6.92 Å². The summed E-state index contributed by atoms with van der Waals surface area (Å²) in [5.41, 5.74) is 2.89. The fraction of sp³-hybridized carbons (Fsp3) is 0.0476. The summed E-state index contributed by atoms with van der Waals surface area (Å²) < 4.78 is 0. The molecule has 130 valence electrons. The lowest BCUT2D eigenvalue weighted by Crippen LogP contribution is -2.11. The van der Waals surface area contributed by atoms with Crippen LogP contribution in [0.5, 0.6) is 0 Å². The molecule has 6 heteroatoms. The van der Waals surface area contributed by atoms with Crippen molar-refractivity contribution in [2.75, 3.05) is 0 Å². The van der Waals surface area contributed by atoms with Gasteiger partial charge in [-0.25, -0.2) is 9.97 Å². The number of allylic oxidation sites excluding steroid dienone is 1. The van der Waals surface area contributed by atoms with Gasteiger partial charge in [0, 0.05) is 10.9 Å². The standard InChI is InChI=1S/C21H13ClN4O/c1-12-6-7-13-9-14(19(22)24-18(13)8-12)10-15(11-23)20-25-17-5-3-2-4-16(17)21(27)26-20/h2-10H,1H3,(H,25,26,27)/b15-10+. The Morgan fingerprint density at radius 3 is 2.78 bits per heavy atom. The number of nitrogens with zero attached hydrogens (tertiary/aromatic N) is 3. The number of para-hydroxylation sites is 1. The van der Waals surface area contributed by atoms with E-state index in [9.17, 15) is 10.1 Å². The summed E-state index contributed by atoms with van der Waals surface area (Å²) >= 11 is 6.31. The van der Waals surface area contributed by atoms with Gasteiger partial charge < -0.3 is 4.98 Å². The van der Waals surface area contributed by atoms with E-state index in [1.165, 1.54) is 0 Å². The molecule has 0 aliphatic rings. The minimum absolute atomic E-state index is 0.196. The molecule has 0 saturated carbocycles. The summed E-state index contributed by atoms with van der Waals surface area (Å²) in [5.74, 6) is 0.196. The van der Waals surface area contributed by atoms with Gasteiger partial charge in [-0.2, -0.15) is 5.26 Å². The van der Waals surface area contributed by atoms with E-state index in [1.807, 2.05) is 31.2 Å². The van der Waals surface area contributed by atoms with Crippen molar-refractivity contribution in [3.05, 3.63) is 81.0 Å². The molecule has 27 heavy (non-hydrogen) atoms. The van der Waals surface area contributed by atoms with Gasteiger partial charge in [-0.1, -0.05) is 35.9 Å². The third-order valence-corrected chi connectivity index (χ3v) is 4.54. The van der Waals surface area contributed by atoms with Crippen molar-refractivity contribution in [2.24, 2.45) is 0 Å². The lowest BCUT2D eigenvalue weighted by atomic mass is 10.1. The first-order valence-corrected chi connectivity index (χ1v) is 8.61. The first-order chi connectivity index (χ1) is 13.0. The van der Waals surface area contributed by atoms with E-state index in [2.05, 4.69) is 21.0 Å². The van der Waals surface area contributed by atoms with Gasteiger partial charge in [-0.05, 0) is 42.8 Å². The molecule has 0 unspecified atom stereocenters. The van der Waals surface area contributed by atoms with Gasteiger partial charge in [0.2, 0.25) is 0 Å². The zero-order valence-electron chi connectivity index (χ0n) is 14.3. The highest BCUT2D eigenvalue weighted by Gasteiger charge is 2.10. The Morgan fingerprint density at radius 2 is 1.96 bits per heavy atom. The molecule has 4 aromatic rings. The van der Waals surface area contributed by atoms with Crippen LogP contribution in [0, 0.1) is 18.3 Å². The molecule has 0 aliphatic carbocycles. The summed E-state index contributed by atoms with van der Waals surface area (Å²) in [6, 6.07) is 16.8. The smallest absolute Gasteiger partial charge is 0.259 e. The van der Waals surface area contributed by atoms with Crippen molar-refractivity contribution < 1.29 is 0 Å². The number of halogens is 1. The number of nitriles is 1. The zero-order valence-corrected chi connectivity index (χ0v) is 15.1. The molecule has 0 aliphatic heterocycles. The molecule has 0 radical (unpaired) electrons. The number of hydrogen-bond donors (Lipinski definition) is 1. The van der Waals surface area contributed by atoms with E-state index < -0.39 is 0 Å². The highest BCUT2D eigenvalue weighted by atomic mass is 35.5. The number of benzene rings is 2. The molecule has 0 bridgehead atoms. The Hall–Kier alpha value is -3.49. The van der Waals surface area contributed by atoms with Gasteiger partial charge in [0.05, 0.1) is 22.0 Å². The highest BCUT2D eigenvalue weighted by Crippen LogP contribution is 2.25. The molecular formula is C21H13ClN4O. The molecular weight excluding hydrogens is 360 g/mol. The second kappa shape index (κ2) is 6.67. The van der Waals surface area contributed by atoms with Crippen LogP contribution in [-0.4, -0.2) is 15.0 Å². The van der Waals surface area contributed by atoms with Crippen molar-refractivity contribution in [1.29, 1.82) is 5.26 Å². The number of H-pyrrole nitrogens is 1. The number of fused-ring (bicyclic) bond motifs is 2. The first kappa shape index (κ1) is 17.0. The van der Waals surface area contributed by atoms with Crippen LogP contribution in [0.25, 0.3) is 33.5 Å². The van der Waals surface area contributed by atoms with Crippen LogP contribution < -0.4 is 5.56 Å². The Balaban J connectivity index is 1.88. The Labute approximate surface area is 159 Å². The Bertz CT molecular complexity index is 1330. The monoisotopic (exact) mass is 372 g/mol. The zero-order chi connectivity index (χ0) is 19.0. The number of aromatic nitrogens is 3. The number of aryl methyl sites for hydroxylation is 1. The maximum atomic E-state index is 12.3. The number of hydrogen-bond acceptors (Lipinski definition) is 4. The summed E-state index contributed by atoms with van der Waals surface area (Å²) in [6.07, 6.45) is 1.58. The quantitative estimate of drug-likeness (QED) is 0.415. The van der Waals surface area contributed by atoms with Gasteiger partial charge in [0.15, 0.2) is 5.82 Å². The van der Waals surface area contributed by atoms with Crippen LogP contribution in [-0.2, 0) is 0 Å². The third-order valence-electron chi connectivity index (χ3n) is 4.24. The maximum Gasteiger partial charge on any atom is 0.259 e. The molecule has 4 rings (SSSR count).